The standard InChI is InChI=1S/C10H10O4/c11-9(10(12)13)6-1-2-7-4-14-5-8(7)3-6/h1-3,9,11H,4-5H2,(H,12,13). The second-order valence-electron chi connectivity index (χ2n) is 3.26. The molecule has 0 fully saturated rings. The van der Waals surface area contributed by atoms with Gasteiger partial charge in [0, 0.05) is 0 Å². The minimum atomic E-state index is -1.44. The van der Waals surface area contributed by atoms with Crippen LogP contribution in [-0.2, 0) is 22.7 Å². The first-order chi connectivity index (χ1) is 6.68. The molecule has 74 valence electrons. The van der Waals surface area contributed by atoms with Gasteiger partial charge in [0.05, 0.1) is 13.2 Å². The van der Waals surface area contributed by atoms with Gasteiger partial charge in [0.25, 0.3) is 0 Å². The Balaban J connectivity index is 2.33. The van der Waals surface area contributed by atoms with Crippen LogP contribution in [0.5, 0.6) is 0 Å². The fraction of sp³-hybridized carbons (Fsp3) is 0.300. The molecule has 0 radical (unpaired) electrons. The summed E-state index contributed by atoms with van der Waals surface area (Å²) in [5, 5.41) is 17.9. The van der Waals surface area contributed by atoms with Crippen molar-refractivity contribution in [3.05, 3.63) is 34.9 Å². The smallest absolute Gasteiger partial charge is 0.337 e. The Kier molecular flexibility index (Phi) is 2.23. The van der Waals surface area contributed by atoms with Gasteiger partial charge in [-0.05, 0) is 22.8 Å². The summed E-state index contributed by atoms with van der Waals surface area (Å²) >= 11 is 0. The summed E-state index contributed by atoms with van der Waals surface area (Å²) in [7, 11) is 0. The Morgan fingerprint density at radius 1 is 1.36 bits per heavy atom. The quantitative estimate of drug-likeness (QED) is 0.731. The number of rotatable bonds is 2. The summed E-state index contributed by atoms with van der Waals surface area (Å²) in [6, 6.07) is 5.09. The maximum absolute atomic E-state index is 10.5. The van der Waals surface area contributed by atoms with Crippen LogP contribution in [0.1, 0.15) is 22.8 Å². The van der Waals surface area contributed by atoms with Crippen LogP contribution >= 0.6 is 0 Å². The molecule has 1 aliphatic heterocycles. The maximum atomic E-state index is 10.5. The number of benzene rings is 1. The molecular formula is C10H10O4. The number of aliphatic hydroxyl groups is 1. The summed E-state index contributed by atoms with van der Waals surface area (Å²) in [6.45, 7) is 1.06. The molecule has 1 aromatic carbocycles. The third-order valence-electron chi connectivity index (χ3n) is 2.30. The van der Waals surface area contributed by atoms with Crippen molar-refractivity contribution < 1.29 is 19.7 Å². The van der Waals surface area contributed by atoms with Crippen molar-refractivity contribution in [1.82, 2.24) is 0 Å². The van der Waals surface area contributed by atoms with E-state index in [1.54, 1.807) is 18.2 Å². The number of ether oxygens (including phenoxy) is 1. The van der Waals surface area contributed by atoms with Gasteiger partial charge < -0.3 is 14.9 Å². The molecular weight excluding hydrogens is 184 g/mol. The molecule has 0 saturated heterocycles. The number of hydrogen-bond donors (Lipinski definition) is 2. The molecule has 14 heavy (non-hydrogen) atoms. The zero-order valence-electron chi connectivity index (χ0n) is 7.43. The average molecular weight is 194 g/mol. The molecule has 2 rings (SSSR count). The lowest BCUT2D eigenvalue weighted by Gasteiger charge is -2.06. The van der Waals surface area contributed by atoms with Gasteiger partial charge in [0.15, 0.2) is 6.10 Å². The summed E-state index contributed by atoms with van der Waals surface area (Å²) in [6.07, 6.45) is -1.44. The van der Waals surface area contributed by atoms with Crippen LogP contribution in [0, 0.1) is 0 Å². The van der Waals surface area contributed by atoms with E-state index in [2.05, 4.69) is 0 Å². The first-order valence-corrected chi connectivity index (χ1v) is 4.29. The third kappa shape index (κ3) is 1.49. The number of hydrogen-bond acceptors (Lipinski definition) is 3. The van der Waals surface area contributed by atoms with Gasteiger partial charge in [0.1, 0.15) is 0 Å². The summed E-state index contributed by atoms with van der Waals surface area (Å²) in [4.78, 5) is 10.5. The Labute approximate surface area is 80.7 Å². The number of aliphatic hydroxyl groups excluding tert-OH is 1. The molecule has 0 saturated carbocycles. The normalized spacial score (nSPS) is 16.4. The molecule has 1 aliphatic rings. The molecule has 0 bridgehead atoms. The predicted molar refractivity (Wildman–Crippen MR) is 47.5 cm³/mol. The Morgan fingerprint density at radius 2 is 2.07 bits per heavy atom. The van der Waals surface area contributed by atoms with Crippen LogP contribution in [-0.4, -0.2) is 16.2 Å². The van der Waals surface area contributed by atoms with Crippen LogP contribution in [0.3, 0.4) is 0 Å². The number of carboxylic acid groups (broad SMARTS) is 1. The first-order valence-electron chi connectivity index (χ1n) is 4.29. The highest BCUT2D eigenvalue weighted by molar-refractivity contribution is 5.74. The van der Waals surface area contributed by atoms with E-state index in [0.29, 0.717) is 18.8 Å². The van der Waals surface area contributed by atoms with Crippen LogP contribution in [0.25, 0.3) is 0 Å². The predicted octanol–water partition coefficient (Wildman–Crippen LogP) is 0.835. The van der Waals surface area contributed by atoms with Gasteiger partial charge in [-0.15, -0.1) is 0 Å². The van der Waals surface area contributed by atoms with Crippen molar-refractivity contribution in [2.45, 2.75) is 19.3 Å². The number of fused-ring (bicyclic) bond motifs is 1. The van der Waals surface area contributed by atoms with Gasteiger partial charge in [-0.25, -0.2) is 4.79 Å². The monoisotopic (exact) mass is 194 g/mol. The van der Waals surface area contributed by atoms with Crippen molar-refractivity contribution >= 4 is 5.97 Å². The van der Waals surface area contributed by atoms with Crippen LogP contribution in [0.2, 0.25) is 0 Å². The highest BCUT2D eigenvalue weighted by Crippen LogP contribution is 2.23. The largest absolute Gasteiger partial charge is 0.479 e. The lowest BCUT2D eigenvalue weighted by Crippen LogP contribution is -2.10. The zero-order valence-corrected chi connectivity index (χ0v) is 7.43. The average Bonchev–Trinajstić information content (AvgIpc) is 2.62. The maximum Gasteiger partial charge on any atom is 0.337 e. The molecule has 1 unspecified atom stereocenters. The van der Waals surface area contributed by atoms with Crippen LogP contribution in [0.15, 0.2) is 18.2 Å². The molecule has 4 nitrogen and oxygen atoms in total. The highest BCUT2D eigenvalue weighted by atomic mass is 16.5. The fourth-order valence-electron chi connectivity index (χ4n) is 1.50. The van der Waals surface area contributed by atoms with E-state index in [-0.39, 0.29) is 0 Å². The number of carbonyl (C=O) groups is 1. The summed E-state index contributed by atoms with van der Waals surface area (Å²) in [5.41, 5.74) is 2.43. The highest BCUT2D eigenvalue weighted by Gasteiger charge is 2.19. The van der Waals surface area contributed by atoms with Crippen molar-refractivity contribution in [2.24, 2.45) is 0 Å². The van der Waals surface area contributed by atoms with E-state index >= 15 is 0 Å². The molecule has 2 N–H and O–H groups in total. The van der Waals surface area contributed by atoms with E-state index in [4.69, 9.17) is 9.84 Å². The van der Waals surface area contributed by atoms with Gasteiger partial charge in [-0.3, -0.25) is 0 Å². The first kappa shape index (κ1) is 9.18. The van der Waals surface area contributed by atoms with E-state index in [1.807, 2.05) is 0 Å². The lowest BCUT2D eigenvalue weighted by molar-refractivity contribution is -0.146. The molecule has 4 heteroatoms. The second kappa shape index (κ2) is 3.40. The lowest BCUT2D eigenvalue weighted by atomic mass is 10.0. The molecule has 0 aromatic heterocycles. The molecule has 0 amide bonds. The minimum absolute atomic E-state index is 0.404. The second-order valence-corrected chi connectivity index (χ2v) is 3.26. The van der Waals surface area contributed by atoms with Gasteiger partial charge in [0.2, 0.25) is 0 Å². The Hall–Kier alpha value is -1.39. The fourth-order valence-corrected chi connectivity index (χ4v) is 1.50. The molecule has 1 aromatic rings. The molecule has 1 heterocycles. The van der Waals surface area contributed by atoms with Crippen molar-refractivity contribution in [3.8, 4) is 0 Å². The van der Waals surface area contributed by atoms with Crippen molar-refractivity contribution in [1.29, 1.82) is 0 Å². The molecule has 0 aliphatic carbocycles. The number of aliphatic carboxylic acids is 1. The zero-order chi connectivity index (χ0) is 10.1. The van der Waals surface area contributed by atoms with Crippen molar-refractivity contribution in [2.75, 3.05) is 0 Å². The third-order valence-corrected chi connectivity index (χ3v) is 2.30. The SMILES string of the molecule is O=C(O)C(O)c1ccc2c(c1)COC2. The number of carboxylic acids is 1. The van der Waals surface area contributed by atoms with Crippen LogP contribution in [0.4, 0.5) is 0 Å². The topological polar surface area (TPSA) is 66.8 Å². The Morgan fingerprint density at radius 3 is 2.79 bits per heavy atom. The van der Waals surface area contributed by atoms with E-state index in [1.165, 1.54) is 0 Å². The summed E-state index contributed by atoms with van der Waals surface area (Å²) < 4.78 is 5.18. The van der Waals surface area contributed by atoms with E-state index < -0.39 is 12.1 Å². The van der Waals surface area contributed by atoms with Gasteiger partial charge in [-0.2, -0.15) is 0 Å². The Bertz CT molecular complexity index is 372. The molecule has 0 spiro atoms. The van der Waals surface area contributed by atoms with E-state index in [9.17, 15) is 9.90 Å². The summed E-state index contributed by atoms with van der Waals surface area (Å²) in [5.74, 6) is -1.23. The van der Waals surface area contributed by atoms with Crippen molar-refractivity contribution in [3.63, 3.8) is 0 Å². The minimum Gasteiger partial charge on any atom is -0.479 e. The van der Waals surface area contributed by atoms with Crippen LogP contribution < -0.4 is 0 Å². The van der Waals surface area contributed by atoms with Gasteiger partial charge >= 0.3 is 5.97 Å². The van der Waals surface area contributed by atoms with Gasteiger partial charge in [-0.1, -0.05) is 12.1 Å². The van der Waals surface area contributed by atoms with E-state index in [0.717, 1.165) is 11.1 Å². The molecule has 1 atom stereocenters.